The van der Waals surface area contributed by atoms with Gasteiger partial charge < -0.3 is 19.1 Å². The zero-order valence-electron chi connectivity index (χ0n) is 21.7. The van der Waals surface area contributed by atoms with Crippen LogP contribution >= 0.6 is 0 Å². The summed E-state index contributed by atoms with van der Waals surface area (Å²) in [6.07, 6.45) is 1.69. The van der Waals surface area contributed by atoms with Crippen LogP contribution in [0.5, 0.6) is 5.75 Å². The van der Waals surface area contributed by atoms with Gasteiger partial charge in [0.25, 0.3) is 5.89 Å². The molecule has 192 valence electrons. The number of aryl methyl sites for hydroxylation is 1. The van der Waals surface area contributed by atoms with Crippen LogP contribution in [-0.4, -0.2) is 34.4 Å². The fourth-order valence-electron chi connectivity index (χ4n) is 3.01. The Morgan fingerprint density at radius 1 is 1.09 bits per heavy atom. The van der Waals surface area contributed by atoms with E-state index in [1.807, 2.05) is 59.7 Å². The van der Waals surface area contributed by atoms with E-state index in [4.69, 9.17) is 19.1 Å². The Kier molecular flexibility index (Phi) is 13.3. The van der Waals surface area contributed by atoms with Gasteiger partial charge in [0, 0.05) is 30.2 Å². The summed E-state index contributed by atoms with van der Waals surface area (Å²) >= 11 is 0. The number of aliphatic carboxylic acids is 1. The molecule has 0 bridgehead atoms. The van der Waals surface area contributed by atoms with Crippen molar-refractivity contribution in [3.05, 3.63) is 53.3 Å². The van der Waals surface area contributed by atoms with E-state index in [9.17, 15) is 9.18 Å². The first kappa shape index (κ1) is 29.8. The van der Waals surface area contributed by atoms with Crippen molar-refractivity contribution in [3.8, 4) is 28.6 Å². The molecule has 1 aromatic heterocycles. The van der Waals surface area contributed by atoms with E-state index in [-0.39, 0.29) is 11.9 Å². The monoisotopic (exact) mass is 488 g/mol. The second-order valence-corrected chi connectivity index (χ2v) is 7.65. The molecule has 0 amide bonds. The number of carboxylic acids is 1. The predicted molar refractivity (Wildman–Crippen MR) is 135 cm³/mol. The Hall–Kier alpha value is -3.26. The van der Waals surface area contributed by atoms with Gasteiger partial charge >= 0.3 is 5.97 Å². The lowest BCUT2D eigenvalue weighted by Gasteiger charge is -2.14. The van der Waals surface area contributed by atoms with E-state index in [1.165, 1.54) is 6.07 Å². The van der Waals surface area contributed by atoms with Gasteiger partial charge in [0.05, 0.1) is 12.7 Å². The molecular formula is C27H37FN2O5. The third kappa shape index (κ3) is 9.48. The van der Waals surface area contributed by atoms with Crippen LogP contribution < -0.4 is 4.74 Å². The van der Waals surface area contributed by atoms with Crippen LogP contribution in [0.2, 0.25) is 0 Å². The molecule has 1 heterocycles. The molecule has 2 aromatic carbocycles. The van der Waals surface area contributed by atoms with Gasteiger partial charge in [-0.1, -0.05) is 32.9 Å². The lowest BCUT2D eigenvalue weighted by molar-refractivity contribution is -0.137. The second-order valence-electron chi connectivity index (χ2n) is 7.65. The van der Waals surface area contributed by atoms with E-state index in [0.29, 0.717) is 36.7 Å². The van der Waals surface area contributed by atoms with Crippen molar-refractivity contribution in [3.63, 3.8) is 0 Å². The fraction of sp³-hybridized carbons (Fsp3) is 0.444. The van der Waals surface area contributed by atoms with Crippen LogP contribution in [0.15, 0.2) is 40.9 Å². The molecule has 0 fully saturated rings. The molecule has 0 unspecified atom stereocenters. The topological polar surface area (TPSA) is 94.7 Å². The van der Waals surface area contributed by atoms with Crippen LogP contribution in [0.25, 0.3) is 22.8 Å². The van der Waals surface area contributed by atoms with Crippen molar-refractivity contribution in [2.24, 2.45) is 0 Å². The van der Waals surface area contributed by atoms with E-state index < -0.39 is 5.97 Å². The molecule has 0 radical (unpaired) electrons. The Morgan fingerprint density at radius 2 is 1.74 bits per heavy atom. The molecule has 7 nitrogen and oxygen atoms in total. The van der Waals surface area contributed by atoms with Crippen LogP contribution in [0.3, 0.4) is 0 Å². The van der Waals surface area contributed by atoms with Crippen molar-refractivity contribution < 1.29 is 28.3 Å². The highest BCUT2D eigenvalue weighted by Crippen LogP contribution is 2.29. The Balaban J connectivity index is 0.000000670. The van der Waals surface area contributed by atoms with E-state index in [2.05, 4.69) is 10.1 Å². The van der Waals surface area contributed by atoms with E-state index in [1.54, 1.807) is 19.2 Å². The summed E-state index contributed by atoms with van der Waals surface area (Å²) in [5.74, 6) is 0.644. The molecule has 3 aromatic rings. The summed E-state index contributed by atoms with van der Waals surface area (Å²) in [7, 11) is 1.64. The molecule has 0 aliphatic heterocycles. The number of methoxy groups -OCH3 is 1. The average molecular weight is 489 g/mol. The zero-order chi connectivity index (χ0) is 26.4. The Morgan fingerprint density at radius 3 is 2.29 bits per heavy atom. The number of carbonyl (C=O) groups is 1. The maximum Gasteiger partial charge on any atom is 0.303 e. The summed E-state index contributed by atoms with van der Waals surface area (Å²) in [5, 5.41) is 12.0. The first-order valence-corrected chi connectivity index (χ1v) is 11.9. The smallest absolute Gasteiger partial charge is 0.303 e. The second kappa shape index (κ2) is 15.6. The maximum absolute atomic E-state index is 13.7. The summed E-state index contributed by atoms with van der Waals surface area (Å²) in [6.45, 7) is 12.1. The van der Waals surface area contributed by atoms with Gasteiger partial charge in [-0.05, 0) is 68.7 Å². The highest BCUT2D eigenvalue weighted by Gasteiger charge is 2.15. The standard InChI is InChI=1S/C21H23FN2O3.C4H8O2.C2H6/c1-5-14-10-15(6-8-18(14)22)20-23-21(27-24-20)16-7-9-19(26-13(2)3)17(11-16)12-25-4;1-2-3-4(5)6;1-2/h6-11,13H,5,12H2,1-4H3;2-3H2,1H3,(H,5,6);1-2H3. The third-order valence-corrected chi connectivity index (χ3v) is 4.54. The number of rotatable bonds is 9. The van der Waals surface area contributed by atoms with Gasteiger partial charge in [-0.25, -0.2) is 4.39 Å². The van der Waals surface area contributed by atoms with Gasteiger partial charge in [-0.2, -0.15) is 4.98 Å². The summed E-state index contributed by atoms with van der Waals surface area (Å²) < 4.78 is 30.2. The Bertz CT molecular complexity index is 1050. The summed E-state index contributed by atoms with van der Waals surface area (Å²) in [4.78, 5) is 14.1. The average Bonchev–Trinajstić information content (AvgIpc) is 3.32. The molecular weight excluding hydrogens is 451 g/mol. The van der Waals surface area contributed by atoms with Crippen LogP contribution in [0, 0.1) is 5.82 Å². The van der Waals surface area contributed by atoms with E-state index in [0.717, 1.165) is 28.9 Å². The number of ether oxygens (including phenoxy) is 2. The molecule has 0 aliphatic rings. The lowest BCUT2D eigenvalue weighted by Crippen LogP contribution is -2.08. The maximum atomic E-state index is 13.7. The Labute approximate surface area is 207 Å². The van der Waals surface area contributed by atoms with Crippen LogP contribution in [-0.2, 0) is 22.6 Å². The normalized spacial score (nSPS) is 10.2. The van der Waals surface area contributed by atoms with Gasteiger partial charge in [-0.15, -0.1) is 0 Å². The van der Waals surface area contributed by atoms with Crippen LogP contribution in [0.1, 0.15) is 65.5 Å². The van der Waals surface area contributed by atoms with Gasteiger partial charge in [0.2, 0.25) is 5.82 Å². The highest BCUT2D eigenvalue weighted by atomic mass is 19.1. The molecule has 0 saturated carbocycles. The van der Waals surface area contributed by atoms with E-state index >= 15 is 0 Å². The molecule has 0 aliphatic carbocycles. The van der Waals surface area contributed by atoms with Crippen molar-refractivity contribution in [1.29, 1.82) is 0 Å². The largest absolute Gasteiger partial charge is 0.491 e. The number of hydrogen-bond acceptors (Lipinski definition) is 6. The van der Waals surface area contributed by atoms with Crippen molar-refractivity contribution in [1.82, 2.24) is 10.1 Å². The van der Waals surface area contributed by atoms with Gasteiger partial charge in [0.1, 0.15) is 11.6 Å². The van der Waals surface area contributed by atoms with Crippen molar-refractivity contribution in [2.75, 3.05) is 7.11 Å². The number of carboxylic acid groups (broad SMARTS) is 1. The van der Waals surface area contributed by atoms with Gasteiger partial charge in [-0.3, -0.25) is 4.79 Å². The minimum atomic E-state index is -0.711. The SMILES string of the molecule is CC.CCCC(=O)O.CCc1cc(-c2noc(-c3ccc(OC(C)C)c(COC)c3)n2)ccc1F. The quantitative estimate of drug-likeness (QED) is 0.349. The molecule has 0 spiro atoms. The molecule has 35 heavy (non-hydrogen) atoms. The number of hydrogen-bond donors (Lipinski definition) is 1. The molecule has 0 saturated heterocycles. The minimum Gasteiger partial charge on any atom is -0.491 e. The minimum absolute atomic E-state index is 0.0627. The van der Waals surface area contributed by atoms with Crippen molar-refractivity contribution in [2.45, 2.75) is 73.5 Å². The van der Waals surface area contributed by atoms with Crippen molar-refractivity contribution >= 4 is 5.97 Å². The number of benzene rings is 2. The summed E-state index contributed by atoms with van der Waals surface area (Å²) in [5.41, 5.74) is 3.02. The summed E-state index contributed by atoms with van der Waals surface area (Å²) in [6, 6.07) is 10.5. The zero-order valence-corrected chi connectivity index (χ0v) is 21.7. The third-order valence-electron chi connectivity index (χ3n) is 4.54. The number of halogens is 1. The van der Waals surface area contributed by atoms with Gasteiger partial charge in [0.15, 0.2) is 0 Å². The highest BCUT2D eigenvalue weighted by molar-refractivity contribution is 5.66. The lowest BCUT2D eigenvalue weighted by atomic mass is 10.1. The molecule has 0 atom stereocenters. The fourth-order valence-corrected chi connectivity index (χ4v) is 3.01. The van der Waals surface area contributed by atoms with Crippen LogP contribution in [0.4, 0.5) is 4.39 Å². The molecule has 8 heteroatoms. The first-order chi connectivity index (χ1) is 16.8. The number of aromatic nitrogens is 2. The predicted octanol–water partition coefficient (Wildman–Crippen LogP) is 6.94. The number of nitrogens with zero attached hydrogens (tertiary/aromatic N) is 2. The first-order valence-electron chi connectivity index (χ1n) is 11.9. The molecule has 1 N–H and O–H groups in total. The molecule has 3 rings (SSSR count).